The van der Waals surface area contributed by atoms with Crippen LogP contribution in [0, 0.1) is 6.92 Å². The van der Waals surface area contributed by atoms with Gasteiger partial charge in [-0.1, -0.05) is 41.7 Å². The second-order valence-corrected chi connectivity index (χ2v) is 8.29. The van der Waals surface area contributed by atoms with E-state index in [1.807, 2.05) is 43.3 Å². The smallest absolute Gasteiger partial charge is 0.226 e. The number of nitrogens with zero attached hydrogens (tertiary/aromatic N) is 1. The predicted molar refractivity (Wildman–Crippen MR) is 109 cm³/mol. The van der Waals surface area contributed by atoms with E-state index in [0.29, 0.717) is 20.6 Å². The highest BCUT2D eigenvalue weighted by atomic mass is 32.1. The fourth-order valence-electron chi connectivity index (χ4n) is 2.52. The van der Waals surface area contributed by atoms with Crippen LogP contribution in [0.1, 0.15) is 44.0 Å². The maximum Gasteiger partial charge on any atom is 0.226 e. The van der Waals surface area contributed by atoms with Gasteiger partial charge in [0.05, 0.1) is 15.4 Å². The van der Waals surface area contributed by atoms with Crippen molar-refractivity contribution in [2.75, 3.05) is 5.32 Å². The first-order valence-corrected chi connectivity index (χ1v) is 10.0. The highest BCUT2D eigenvalue weighted by Crippen LogP contribution is 2.31. The van der Waals surface area contributed by atoms with Crippen LogP contribution in [0.3, 0.4) is 0 Å². The Morgan fingerprint density at radius 1 is 1.00 bits per heavy atom. The molecule has 1 N–H and O–H groups in total. The fraction of sp³-hybridized carbons (Fsp3) is 0.200. The van der Waals surface area contributed by atoms with Crippen LogP contribution in [0.4, 0.5) is 5.13 Å². The number of benzene rings is 1. The second kappa shape index (κ2) is 8.37. The quantitative estimate of drug-likeness (QED) is 0.569. The first kappa shape index (κ1) is 19.1. The van der Waals surface area contributed by atoms with Crippen LogP contribution in [0.2, 0.25) is 0 Å². The minimum Gasteiger partial charge on any atom is -0.302 e. The minimum atomic E-state index is -0.292. The van der Waals surface area contributed by atoms with Gasteiger partial charge in [-0.2, -0.15) is 0 Å². The van der Waals surface area contributed by atoms with Gasteiger partial charge in [0.2, 0.25) is 5.91 Å². The molecule has 3 rings (SSSR count). The van der Waals surface area contributed by atoms with Crippen molar-refractivity contribution in [3.8, 4) is 11.3 Å². The molecule has 0 spiro atoms. The van der Waals surface area contributed by atoms with Crippen LogP contribution >= 0.6 is 22.7 Å². The summed E-state index contributed by atoms with van der Waals surface area (Å²) in [5.41, 5.74) is 1.39. The average Bonchev–Trinajstić information content (AvgIpc) is 3.27. The van der Waals surface area contributed by atoms with E-state index < -0.39 is 0 Å². The molecule has 138 valence electrons. The summed E-state index contributed by atoms with van der Waals surface area (Å²) in [6, 6.07) is 13.0. The molecule has 0 aliphatic heterocycles. The lowest BCUT2D eigenvalue weighted by atomic mass is 10.1. The number of carbonyl (C=O) groups excluding carboxylic acids is 3. The second-order valence-electron chi connectivity index (χ2n) is 6.00. The van der Waals surface area contributed by atoms with E-state index in [-0.39, 0.29) is 30.3 Å². The number of Topliss-reactive ketones (excluding diaryl/α,β-unsaturated/α-hetero) is 2. The topological polar surface area (TPSA) is 76.1 Å². The number of rotatable bonds is 7. The molecule has 0 atom stereocenters. The molecule has 1 amide bonds. The zero-order valence-electron chi connectivity index (χ0n) is 14.9. The van der Waals surface area contributed by atoms with E-state index >= 15 is 0 Å². The van der Waals surface area contributed by atoms with Crippen molar-refractivity contribution in [3.05, 3.63) is 57.1 Å². The summed E-state index contributed by atoms with van der Waals surface area (Å²) in [7, 11) is 0. The summed E-state index contributed by atoms with van der Waals surface area (Å²) >= 11 is 2.58. The van der Waals surface area contributed by atoms with Gasteiger partial charge < -0.3 is 5.32 Å². The zero-order chi connectivity index (χ0) is 19.4. The molecule has 7 heteroatoms. The minimum absolute atomic E-state index is 0.0446. The molecule has 2 aromatic heterocycles. The van der Waals surface area contributed by atoms with Crippen LogP contribution < -0.4 is 5.32 Å². The Kier molecular flexibility index (Phi) is 5.93. The molecule has 0 aliphatic rings. The normalized spacial score (nSPS) is 10.6. The predicted octanol–water partition coefficient (Wildman–Crippen LogP) is 4.98. The van der Waals surface area contributed by atoms with Crippen LogP contribution in [-0.4, -0.2) is 22.5 Å². The van der Waals surface area contributed by atoms with Crippen molar-refractivity contribution < 1.29 is 14.4 Å². The molecule has 27 heavy (non-hydrogen) atoms. The molecule has 0 saturated heterocycles. The molecule has 2 heterocycles. The maximum atomic E-state index is 12.2. The highest BCUT2D eigenvalue weighted by Gasteiger charge is 2.18. The van der Waals surface area contributed by atoms with Gasteiger partial charge >= 0.3 is 0 Å². The SMILES string of the molecule is CC(=O)c1sc(NC(=O)CCC(=O)c2ccc(C)s2)nc1-c1ccccc1. The number of thiophene rings is 1. The Hall–Kier alpha value is -2.64. The first-order valence-electron chi connectivity index (χ1n) is 8.40. The largest absolute Gasteiger partial charge is 0.302 e. The molecule has 0 bridgehead atoms. The van der Waals surface area contributed by atoms with E-state index in [2.05, 4.69) is 10.3 Å². The summed E-state index contributed by atoms with van der Waals surface area (Å²) in [6.45, 7) is 3.42. The number of aromatic nitrogens is 1. The van der Waals surface area contributed by atoms with Crippen molar-refractivity contribution in [1.29, 1.82) is 0 Å². The summed E-state index contributed by atoms with van der Waals surface area (Å²) in [5, 5.41) is 3.07. The molecule has 0 saturated carbocycles. The number of thiazole rings is 1. The number of amides is 1. The van der Waals surface area contributed by atoms with Crippen LogP contribution in [0.25, 0.3) is 11.3 Å². The zero-order valence-corrected chi connectivity index (χ0v) is 16.6. The molecule has 1 aromatic carbocycles. The molecule has 5 nitrogen and oxygen atoms in total. The number of anilines is 1. The van der Waals surface area contributed by atoms with E-state index in [4.69, 9.17) is 0 Å². The number of hydrogen-bond donors (Lipinski definition) is 1. The van der Waals surface area contributed by atoms with Gasteiger partial charge in [0.15, 0.2) is 16.7 Å². The molecule has 0 fully saturated rings. The van der Waals surface area contributed by atoms with Crippen LogP contribution in [0.15, 0.2) is 42.5 Å². The Labute approximate surface area is 165 Å². The Bertz CT molecular complexity index is 990. The van der Waals surface area contributed by atoms with Crippen molar-refractivity contribution in [3.63, 3.8) is 0 Å². The van der Waals surface area contributed by atoms with Crippen molar-refractivity contribution in [1.82, 2.24) is 4.98 Å². The summed E-state index contributed by atoms with van der Waals surface area (Å²) in [5.74, 6) is -0.438. The molecule has 0 aliphatic carbocycles. The Balaban J connectivity index is 1.67. The monoisotopic (exact) mass is 398 g/mol. The van der Waals surface area contributed by atoms with E-state index in [1.54, 1.807) is 6.07 Å². The van der Waals surface area contributed by atoms with Gasteiger partial charge in [-0.25, -0.2) is 4.98 Å². The van der Waals surface area contributed by atoms with E-state index in [0.717, 1.165) is 21.8 Å². The third kappa shape index (κ3) is 4.75. The average molecular weight is 399 g/mol. The number of carbonyl (C=O) groups is 3. The lowest BCUT2D eigenvalue weighted by molar-refractivity contribution is -0.116. The van der Waals surface area contributed by atoms with Crippen molar-refractivity contribution >= 4 is 45.3 Å². The number of hydrogen-bond acceptors (Lipinski definition) is 6. The lowest BCUT2D eigenvalue weighted by Crippen LogP contribution is -2.13. The van der Waals surface area contributed by atoms with Crippen LogP contribution in [-0.2, 0) is 4.79 Å². The number of nitrogens with one attached hydrogen (secondary N) is 1. The number of aryl methyl sites for hydroxylation is 1. The maximum absolute atomic E-state index is 12.2. The summed E-state index contributed by atoms with van der Waals surface area (Å²) in [6.07, 6.45) is 0.216. The van der Waals surface area contributed by atoms with Crippen LogP contribution in [0.5, 0.6) is 0 Å². The van der Waals surface area contributed by atoms with Gasteiger partial charge in [-0.15, -0.1) is 11.3 Å². The molecule has 3 aromatic rings. The van der Waals surface area contributed by atoms with Gasteiger partial charge in [-0.05, 0) is 19.1 Å². The van der Waals surface area contributed by atoms with Gasteiger partial charge in [0.1, 0.15) is 0 Å². The Morgan fingerprint density at radius 3 is 2.37 bits per heavy atom. The van der Waals surface area contributed by atoms with E-state index in [9.17, 15) is 14.4 Å². The Morgan fingerprint density at radius 2 is 1.74 bits per heavy atom. The van der Waals surface area contributed by atoms with Gasteiger partial charge in [0.25, 0.3) is 0 Å². The van der Waals surface area contributed by atoms with E-state index in [1.165, 1.54) is 18.3 Å². The highest BCUT2D eigenvalue weighted by molar-refractivity contribution is 7.18. The molecular formula is C20H18N2O3S2. The third-order valence-corrected chi connectivity index (χ3v) is 5.95. The summed E-state index contributed by atoms with van der Waals surface area (Å²) in [4.78, 5) is 42.9. The van der Waals surface area contributed by atoms with Gasteiger partial charge in [-0.3, -0.25) is 14.4 Å². The van der Waals surface area contributed by atoms with Gasteiger partial charge in [0, 0.05) is 30.2 Å². The summed E-state index contributed by atoms with van der Waals surface area (Å²) < 4.78 is 0. The fourth-order valence-corrected chi connectivity index (χ4v) is 4.25. The molecule has 0 unspecified atom stereocenters. The molecule has 0 radical (unpaired) electrons. The van der Waals surface area contributed by atoms with Crippen molar-refractivity contribution in [2.24, 2.45) is 0 Å². The lowest BCUT2D eigenvalue weighted by Gasteiger charge is -2.01. The standard InChI is InChI=1S/C20H18N2O3S2/c1-12-8-10-16(26-12)15(24)9-11-17(25)21-20-22-18(19(27-20)13(2)23)14-6-4-3-5-7-14/h3-8,10H,9,11H2,1-2H3,(H,21,22,25). The third-order valence-electron chi connectivity index (χ3n) is 3.83. The first-order chi connectivity index (χ1) is 12.9. The van der Waals surface area contributed by atoms with Crippen molar-refractivity contribution in [2.45, 2.75) is 26.7 Å². The molecular weight excluding hydrogens is 380 g/mol. The number of ketones is 2.